The van der Waals surface area contributed by atoms with E-state index in [-0.39, 0.29) is 17.6 Å². The van der Waals surface area contributed by atoms with E-state index in [0.717, 1.165) is 66.5 Å². The zero-order valence-electron chi connectivity index (χ0n) is 21.6. The summed E-state index contributed by atoms with van der Waals surface area (Å²) in [6.45, 7) is 8.06. The molecule has 0 heterocycles. The number of hydrogen-bond donors (Lipinski definition) is 1. The highest BCUT2D eigenvalue weighted by molar-refractivity contribution is 5.96. The molecule has 2 aromatic carbocycles. The van der Waals surface area contributed by atoms with Gasteiger partial charge in [-0.2, -0.15) is 0 Å². The molecule has 2 saturated carbocycles. The van der Waals surface area contributed by atoms with Crippen molar-refractivity contribution in [3.63, 3.8) is 0 Å². The quantitative estimate of drug-likeness (QED) is 0.452. The number of aryl methyl sites for hydroxylation is 1. The molecule has 2 aromatic rings. The van der Waals surface area contributed by atoms with Gasteiger partial charge in [-0.1, -0.05) is 44.5 Å². The van der Waals surface area contributed by atoms with E-state index in [4.69, 9.17) is 4.74 Å². The van der Waals surface area contributed by atoms with E-state index >= 15 is 0 Å². The summed E-state index contributed by atoms with van der Waals surface area (Å²) >= 11 is 0. The Bertz CT molecular complexity index is 985. The minimum atomic E-state index is 0.151. The molecule has 0 aromatic heterocycles. The molecule has 34 heavy (non-hydrogen) atoms. The van der Waals surface area contributed by atoms with Gasteiger partial charge in [-0.15, -0.1) is 0 Å². The molecule has 0 atom stereocenters. The van der Waals surface area contributed by atoms with Crippen LogP contribution in [0.25, 0.3) is 0 Å². The van der Waals surface area contributed by atoms with E-state index in [9.17, 15) is 9.59 Å². The molecule has 0 radical (unpaired) electrons. The predicted molar refractivity (Wildman–Crippen MR) is 140 cm³/mol. The highest BCUT2D eigenvalue weighted by Crippen LogP contribution is 2.39. The van der Waals surface area contributed by atoms with Crippen LogP contribution >= 0.6 is 0 Å². The van der Waals surface area contributed by atoms with Gasteiger partial charge in [0.1, 0.15) is 5.75 Å². The maximum Gasteiger partial charge on any atom is 0.227 e. The molecule has 4 heteroatoms. The van der Waals surface area contributed by atoms with Gasteiger partial charge in [0.25, 0.3) is 0 Å². The maximum absolute atomic E-state index is 12.2. The molecule has 1 N–H and O–H groups in total. The number of nitrogens with one attached hydrogen (secondary N) is 1. The first-order valence-corrected chi connectivity index (χ1v) is 12.9. The summed E-state index contributed by atoms with van der Waals surface area (Å²) in [4.78, 5) is 23.7. The fourth-order valence-corrected chi connectivity index (χ4v) is 5.10. The van der Waals surface area contributed by atoms with Crippen LogP contribution in [0.5, 0.6) is 5.75 Å². The molecule has 0 unspecified atom stereocenters. The monoisotopic (exact) mass is 463 g/mol. The molecule has 0 spiro atoms. The van der Waals surface area contributed by atoms with Gasteiger partial charge in [0.15, 0.2) is 5.78 Å². The predicted octanol–water partition coefficient (Wildman–Crippen LogP) is 7.49. The maximum atomic E-state index is 12.2. The average molecular weight is 464 g/mol. The number of Topliss-reactive ketones (excluding diaryl/α,β-unsaturated/α-hetero) is 1. The molecule has 2 fully saturated rings. The Labute approximate surface area is 205 Å². The van der Waals surface area contributed by atoms with Crippen LogP contribution in [0.15, 0.2) is 36.4 Å². The second-order valence-corrected chi connectivity index (χ2v) is 10.0. The zero-order chi connectivity index (χ0) is 24.7. The molecule has 4 rings (SSSR count). The Hall–Kier alpha value is -2.62. The Morgan fingerprint density at radius 2 is 1.74 bits per heavy atom. The van der Waals surface area contributed by atoms with E-state index in [1.54, 1.807) is 14.0 Å². The van der Waals surface area contributed by atoms with Crippen molar-refractivity contribution in [3.8, 4) is 5.75 Å². The van der Waals surface area contributed by atoms with Crippen molar-refractivity contribution in [3.05, 3.63) is 58.7 Å². The Balaban J connectivity index is 0.000000196. The molecule has 2 aliphatic carbocycles. The summed E-state index contributed by atoms with van der Waals surface area (Å²) < 4.78 is 5.28. The van der Waals surface area contributed by atoms with E-state index in [2.05, 4.69) is 25.2 Å². The van der Waals surface area contributed by atoms with Crippen LogP contribution in [-0.4, -0.2) is 18.8 Å². The van der Waals surface area contributed by atoms with Gasteiger partial charge in [-0.25, -0.2) is 0 Å². The van der Waals surface area contributed by atoms with E-state index in [1.807, 2.05) is 37.3 Å². The molecule has 0 saturated heterocycles. The summed E-state index contributed by atoms with van der Waals surface area (Å²) in [5.74, 6) is 2.83. The van der Waals surface area contributed by atoms with Gasteiger partial charge in [0.2, 0.25) is 5.91 Å². The smallest absolute Gasteiger partial charge is 0.227 e. The third-order valence-corrected chi connectivity index (χ3v) is 7.55. The number of carbonyl (C=O) groups excluding carboxylic acids is 2. The first-order chi connectivity index (χ1) is 16.3. The van der Waals surface area contributed by atoms with Crippen molar-refractivity contribution >= 4 is 17.4 Å². The fourth-order valence-electron chi connectivity index (χ4n) is 5.10. The number of hydrogen-bond acceptors (Lipinski definition) is 3. The normalized spacial score (nSPS) is 19.9. The Kier molecular flexibility index (Phi) is 9.32. The SMILES string of the molecule is CCc1c(C(C)=O)cccc1C1CCC1.COc1cc(NC(=O)C2CCC(C)CC2)ccc1C. The third-order valence-electron chi connectivity index (χ3n) is 7.55. The van der Waals surface area contributed by atoms with Gasteiger partial charge in [-0.3, -0.25) is 9.59 Å². The van der Waals surface area contributed by atoms with Crippen LogP contribution < -0.4 is 10.1 Å². The number of ether oxygens (including phenoxy) is 1. The topological polar surface area (TPSA) is 55.4 Å². The largest absolute Gasteiger partial charge is 0.496 e. The summed E-state index contributed by atoms with van der Waals surface area (Å²) in [6, 6.07) is 12.0. The zero-order valence-corrected chi connectivity index (χ0v) is 21.6. The van der Waals surface area contributed by atoms with Crippen molar-refractivity contribution in [1.82, 2.24) is 0 Å². The number of benzene rings is 2. The average Bonchev–Trinajstić information content (AvgIpc) is 2.79. The van der Waals surface area contributed by atoms with Crippen molar-refractivity contribution in [1.29, 1.82) is 0 Å². The number of anilines is 1. The van der Waals surface area contributed by atoms with Crippen LogP contribution in [0.1, 0.15) is 98.7 Å². The van der Waals surface area contributed by atoms with Gasteiger partial charge >= 0.3 is 0 Å². The standard InChI is InChI=1S/C16H23NO2.C14H18O/c1-11-4-7-13(8-5-11)16(18)17-14-9-6-12(2)15(10-14)19-3;1-3-12-13(10(2)15)8-5-9-14(12)11-6-4-7-11/h6,9-11,13H,4-5,7-8H2,1-3H3,(H,17,18);5,8-9,11H,3-4,6-7H2,1-2H3. The second-order valence-electron chi connectivity index (χ2n) is 10.0. The first kappa shape index (κ1) is 26.0. The van der Waals surface area contributed by atoms with Crippen LogP contribution in [0.4, 0.5) is 5.69 Å². The molecule has 0 bridgehead atoms. The van der Waals surface area contributed by atoms with Crippen LogP contribution in [0.2, 0.25) is 0 Å². The second kappa shape index (κ2) is 12.2. The lowest BCUT2D eigenvalue weighted by Crippen LogP contribution is -2.26. The van der Waals surface area contributed by atoms with E-state index in [0.29, 0.717) is 0 Å². The molecule has 1 amide bonds. The molecular weight excluding hydrogens is 422 g/mol. The lowest BCUT2D eigenvalue weighted by Gasteiger charge is -2.28. The Morgan fingerprint density at radius 1 is 1.03 bits per heavy atom. The summed E-state index contributed by atoms with van der Waals surface area (Å²) in [5.41, 5.74) is 5.55. The van der Waals surface area contributed by atoms with Crippen molar-refractivity contribution in [2.45, 2.75) is 85.0 Å². The Morgan fingerprint density at radius 3 is 2.29 bits per heavy atom. The highest BCUT2D eigenvalue weighted by atomic mass is 16.5. The lowest BCUT2D eigenvalue weighted by atomic mass is 9.76. The van der Waals surface area contributed by atoms with Crippen LogP contribution in [0.3, 0.4) is 0 Å². The summed E-state index contributed by atoms with van der Waals surface area (Å²) in [6.07, 6.45) is 9.26. The minimum Gasteiger partial charge on any atom is -0.496 e. The van der Waals surface area contributed by atoms with Crippen LogP contribution in [0, 0.1) is 18.8 Å². The number of carbonyl (C=O) groups is 2. The van der Waals surface area contributed by atoms with Crippen molar-refractivity contribution < 1.29 is 14.3 Å². The molecule has 2 aliphatic rings. The molecular formula is C30H41NO3. The fraction of sp³-hybridized carbons (Fsp3) is 0.533. The third kappa shape index (κ3) is 6.49. The highest BCUT2D eigenvalue weighted by Gasteiger charge is 2.25. The van der Waals surface area contributed by atoms with Crippen LogP contribution in [-0.2, 0) is 11.2 Å². The lowest BCUT2D eigenvalue weighted by molar-refractivity contribution is -0.121. The van der Waals surface area contributed by atoms with Gasteiger partial charge in [-0.05, 0) is 93.4 Å². The summed E-state index contributed by atoms with van der Waals surface area (Å²) in [7, 11) is 1.65. The van der Waals surface area contributed by atoms with E-state index < -0.39 is 0 Å². The number of amides is 1. The molecule has 0 aliphatic heterocycles. The number of rotatable bonds is 6. The van der Waals surface area contributed by atoms with Gasteiger partial charge in [0, 0.05) is 23.2 Å². The van der Waals surface area contributed by atoms with E-state index in [1.165, 1.54) is 30.4 Å². The first-order valence-electron chi connectivity index (χ1n) is 12.9. The van der Waals surface area contributed by atoms with Crippen molar-refractivity contribution in [2.75, 3.05) is 12.4 Å². The summed E-state index contributed by atoms with van der Waals surface area (Å²) in [5, 5.41) is 3.01. The number of methoxy groups -OCH3 is 1. The van der Waals surface area contributed by atoms with Gasteiger partial charge in [0.05, 0.1) is 7.11 Å². The molecule has 184 valence electrons. The van der Waals surface area contributed by atoms with Gasteiger partial charge < -0.3 is 10.1 Å². The van der Waals surface area contributed by atoms with Crippen molar-refractivity contribution in [2.24, 2.45) is 11.8 Å². The molecule has 4 nitrogen and oxygen atoms in total. The number of ketones is 1. The minimum absolute atomic E-state index is 0.151.